The molecule has 3 rings (SSSR count). The van der Waals surface area contributed by atoms with E-state index in [4.69, 9.17) is 4.74 Å². The number of likely N-dealkylation sites (tertiary alicyclic amines) is 1. The Balaban J connectivity index is 0.000000396. The first-order valence-electron chi connectivity index (χ1n) is 10.5. The Hall–Kier alpha value is -1.83. The summed E-state index contributed by atoms with van der Waals surface area (Å²) in [5, 5.41) is 3.48. The van der Waals surface area contributed by atoms with Gasteiger partial charge in [-0.05, 0) is 84.8 Å². The third-order valence-electron chi connectivity index (χ3n) is 5.16. The van der Waals surface area contributed by atoms with Crippen molar-refractivity contribution < 1.29 is 23.5 Å². The monoisotopic (exact) mass is 422 g/mol. The number of Topliss-reactive ketones (excluding diaryl/α,β-unsaturated/α-hetero) is 1. The lowest BCUT2D eigenvalue weighted by Gasteiger charge is -2.33. The second-order valence-electron chi connectivity index (χ2n) is 9.44. The molecule has 0 spiro atoms. The Labute approximate surface area is 179 Å². The van der Waals surface area contributed by atoms with E-state index in [9.17, 15) is 14.0 Å². The summed E-state index contributed by atoms with van der Waals surface area (Å²) >= 11 is 0. The van der Waals surface area contributed by atoms with Crippen molar-refractivity contribution >= 4 is 12.3 Å². The number of nitrogens with one attached hydrogen (secondary N) is 1. The van der Waals surface area contributed by atoms with E-state index in [1.807, 2.05) is 34.6 Å². The minimum absolute atomic E-state index is 0.0564. The standard InChI is InChI=1S/C18H25FN2O2.C5H10O2/c1-18(2)20-16(12-23-18)11-21-9-7-14(8-10-21)17(22)13-3-5-15(19)6-4-13;1-5(2,3)7-4-6/h3-6,14,16,20H,7-12H2,1-2H3;4H,1-3H3. The Bertz CT molecular complexity index is 692. The maximum Gasteiger partial charge on any atom is 0.293 e. The van der Waals surface area contributed by atoms with Crippen molar-refractivity contribution in [2.45, 2.75) is 64.8 Å². The lowest BCUT2D eigenvalue weighted by Crippen LogP contribution is -2.47. The van der Waals surface area contributed by atoms with E-state index in [0.717, 1.165) is 39.1 Å². The number of ketones is 1. The SMILES string of the molecule is CC(C)(C)OC=O.CC1(C)NC(CN2CCC(C(=O)c3ccc(F)cc3)CC2)CO1. The molecule has 30 heavy (non-hydrogen) atoms. The third kappa shape index (κ3) is 8.13. The molecule has 0 aliphatic carbocycles. The van der Waals surface area contributed by atoms with Gasteiger partial charge in [0, 0.05) is 24.1 Å². The number of benzene rings is 1. The lowest BCUT2D eigenvalue weighted by molar-refractivity contribution is -0.138. The number of carbonyl (C=O) groups excluding carboxylic acids is 2. The van der Waals surface area contributed by atoms with Crippen LogP contribution in [0.4, 0.5) is 4.39 Å². The summed E-state index contributed by atoms with van der Waals surface area (Å²) in [7, 11) is 0. The zero-order valence-electron chi connectivity index (χ0n) is 18.7. The Morgan fingerprint density at radius 1 is 1.27 bits per heavy atom. The zero-order valence-corrected chi connectivity index (χ0v) is 18.7. The lowest BCUT2D eigenvalue weighted by atomic mass is 9.89. The van der Waals surface area contributed by atoms with Crippen LogP contribution in [-0.2, 0) is 14.3 Å². The number of carbonyl (C=O) groups is 2. The van der Waals surface area contributed by atoms with Crippen molar-refractivity contribution in [2.75, 3.05) is 26.2 Å². The quantitative estimate of drug-likeness (QED) is 0.579. The molecule has 2 saturated heterocycles. The van der Waals surface area contributed by atoms with E-state index in [0.29, 0.717) is 18.1 Å². The van der Waals surface area contributed by atoms with Crippen molar-refractivity contribution in [2.24, 2.45) is 5.92 Å². The van der Waals surface area contributed by atoms with Crippen molar-refractivity contribution in [3.05, 3.63) is 35.6 Å². The van der Waals surface area contributed by atoms with Gasteiger partial charge < -0.3 is 14.4 Å². The minimum atomic E-state index is -0.318. The summed E-state index contributed by atoms with van der Waals surface area (Å²) in [5.74, 6) is -0.0976. The van der Waals surface area contributed by atoms with Crippen molar-refractivity contribution in [1.29, 1.82) is 0 Å². The molecule has 0 amide bonds. The molecule has 2 fully saturated rings. The van der Waals surface area contributed by atoms with Gasteiger partial charge in [-0.15, -0.1) is 0 Å². The fourth-order valence-corrected chi connectivity index (χ4v) is 3.67. The number of piperidine rings is 1. The fraction of sp³-hybridized carbons (Fsp3) is 0.652. The van der Waals surface area contributed by atoms with Gasteiger partial charge >= 0.3 is 0 Å². The molecule has 6 nitrogen and oxygen atoms in total. The average molecular weight is 423 g/mol. The van der Waals surface area contributed by atoms with Gasteiger partial charge in [-0.25, -0.2) is 4.39 Å². The minimum Gasteiger partial charge on any atom is -0.462 e. The summed E-state index contributed by atoms with van der Waals surface area (Å²) < 4.78 is 23.2. The van der Waals surface area contributed by atoms with E-state index in [-0.39, 0.29) is 28.8 Å². The molecule has 0 aromatic heterocycles. The van der Waals surface area contributed by atoms with Crippen molar-refractivity contribution in [3.8, 4) is 0 Å². The molecule has 7 heteroatoms. The number of nitrogens with zero attached hydrogens (tertiary/aromatic N) is 1. The maximum atomic E-state index is 13.0. The molecule has 0 radical (unpaired) electrons. The second kappa shape index (κ2) is 10.5. The van der Waals surface area contributed by atoms with Gasteiger partial charge in [-0.2, -0.15) is 0 Å². The van der Waals surface area contributed by atoms with Crippen LogP contribution in [0.3, 0.4) is 0 Å². The molecule has 0 bridgehead atoms. The number of ether oxygens (including phenoxy) is 2. The van der Waals surface area contributed by atoms with Crippen LogP contribution in [0, 0.1) is 11.7 Å². The first-order chi connectivity index (χ1) is 14.0. The van der Waals surface area contributed by atoms with Gasteiger partial charge in [0.05, 0.1) is 6.61 Å². The van der Waals surface area contributed by atoms with E-state index in [2.05, 4.69) is 15.0 Å². The molecule has 2 aliphatic heterocycles. The Morgan fingerprint density at radius 2 is 1.87 bits per heavy atom. The molecular formula is C23H35FN2O4. The number of rotatable bonds is 5. The van der Waals surface area contributed by atoms with Crippen LogP contribution in [0.1, 0.15) is 57.8 Å². The molecule has 1 aromatic carbocycles. The second-order valence-corrected chi connectivity index (χ2v) is 9.44. The van der Waals surface area contributed by atoms with E-state index in [1.165, 1.54) is 12.1 Å². The fourth-order valence-electron chi connectivity index (χ4n) is 3.67. The smallest absolute Gasteiger partial charge is 0.293 e. The van der Waals surface area contributed by atoms with Gasteiger partial charge in [-0.1, -0.05) is 0 Å². The molecule has 0 saturated carbocycles. The predicted octanol–water partition coefficient (Wildman–Crippen LogP) is 3.40. The highest BCUT2D eigenvalue weighted by Crippen LogP contribution is 2.23. The highest BCUT2D eigenvalue weighted by atomic mass is 19.1. The van der Waals surface area contributed by atoms with Crippen molar-refractivity contribution in [3.63, 3.8) is 0 Å². The topological polar surface area (TPSA) is 67.9 Å². The molecule has 1 aromatic rings. The van der Waals surface area contributed by atoms with Crippen LogP contribution in [0.15, 0.2) is 24.3 Å². The molecular weight excluding hydrogens is 387 g/mol. The van der Waals surface area contributed by atoms with Crippen LogP contribution in [-0.4, -0.2) is 60.8 Å². The summed E-state index contributed by atoms with van der Waals surface area (Å²) in [6.07, 6.45) is 1.74. The summed E-state index contributed by atoms with van der Waals surface area (Å²) in [4.78, 5) is 24.5. The largest absolute Gasteiger partial charge is 0.462 e. The first kappa shape index (κ1) is 24.4. The van der Waals surface area contributed by atoms with Gasteiger partial charge in [0.1, 0.15) is 17.1 Å². The van der Waals surface area contributed by atoms with Crippen molar-refractivity contribution in [1.82, 2.24) is 10.2 Å². The molecule has 1 N–H and O–H groups in total. The van der Waals surface area contributed by atoms with Gasteiger partial charge in [0.25, 0.3) is 6.47 Å². The molecule has 1 unspecified atom stereocenters. The van der Waals surface area contributed by atoms with E-state index >= 15 is 0 Å². The van der Waals surface area contributed by atoms with E-state index < -0.39 is 0 Å². The Morgan fingerprint density at radius 3 is 2.30 bits per heavy atom. The van der Waals surface area contributed by atoms with Crippen LogP contribution < -0.4 is 5.32 Å². The number of hydrogen-bond acceptors (Lipinski definition) is 6. The van der Waals surface area contributed by atoms with Crippen LogP contribution in [0.5, 0.6) is 0 Å². The van der Waals surface area contributed by atoms with Gasteiger partial charge in [0.2, 0.25) is 0 Å². The summed E-state index contributed by atoms with van der Waals surface area (Å²) in [6.45, 7) is 13.6. The molecule has 1 atom stereocenters. The maximum absolute atomic E-state index is 13.0. The van der Waals surface area contributed by atoms with Crippen LogP contribution in [0.2, 0.25) is 0 Å². The average Bonchev–Trinajstić information content (AvgIpc) is 3.00. The predicted molar refractivity (Wildman–Crippen MR) is 114 cm³/mol. The number of halogens is 1. The highest BCUT2D eigenvalue weighted by Gasteiger charge is 2.33. The molecule has 2 heterocycles. The third-order valence-corrected chi connectivity index (χ3v) is 5.16. The van der Waals surface area contributed by atoms with Gasteiger partial charge in [0.15, 0.2) is 5.78 Å². The van der Waals surface area contributed by atoms with Gasteiger partial charge in [-0.3, -0.25) is 14.9 Å². The summed E-state index contributed by atoms with van der Waals surface area (Å²) in [5.41, 5.74) is 0.0704. The number of hydrogen-bond donors (Lipinski definition) is 1. The van der Waals surface area contributed by atoms with Crippen LogP contribution in [0.25, 0.3) is 0 Å². The Kier molecular flexibility index (Phi) is 8.52. The normalized spacial score (nSPS) is 22.1. The first-order valence-corrected chi connectivity index (χ1v) is 10.5. The molecule has 2 aliphatic rings. The highest BCUT2D eigenvalue weighted by molar-refractivity contribution is 5.97. The van der Waals surface area contributed by atoms with Crippen LogP contribution >= 0.6 is 0 Å². The zero-order chi connectivity index (χ0) is 22.4. The molecule has 168 valence electrons. The van der Waals surface area contributed by atoms with E-state index in [1.54, 1.807) is 12.1 Å². The summed E-state index contributed by atoms with van der Waals surface area (Å²) in [6, 6.07) is 6.25.